The number of rotatable bonds is 4. The fourth-order valence-electron chi connectivity index (χ4n) is 5.49. The molecule has 0 unspecified atom stereocenters. The van der Waals surface area contributed by atoms with Gasteiger partial charge in [0.05, 0.1) is 47.5 Å². The predicted molar refractivity (Wildman–Crippen MR) is 155 cm³/mol. The molecule has 11 nitrogen and oxygen atoms in total. The number of alkyl halides is 5. The van der Waals surface area contributed by atoms with Gasteiger partial charge in [0.2, 0.25) is 5.91 Å². The quantitative estimate of drug-likeness (QED) is 0.246. The smallest absolute Gasteiger partial charge is 0.323 e. The van der Waals surface area contributed by atoms with Crippen LogP contribution in [0.1, 0.15) is 55.6 Å². The summed E-state index contributed by atoms with van der Waals surface area (Å²) in [5.41, 5.74) is 0.798. The summed E-state index contributed by atoms with van der Waals surface area (Å²) in [7, 11) is 0. The number of carbonyl (C=O) groups is 1. The molecule has 238 valence electrons. The Morgan fingerprint density at radius 1 is 1.04 bits per heavy atom. The molecule has 2 bridgehead atoms. The van der Waals surface area contributed by atoms with Crippen LogP contribution in [0.4, 0.5) is 27.6 Å². The molecule has 46 heavy (non-hydrogen) atoms. The minimum atomic E-state index is -4.69. The van der Waals surface area contributed by atoms with Crippen molar-refractivity contribution in [1.82, 2.24) is 39.3 Å². The van der Waals surface area contributed by atoms with E-state index in [1.807, 2.05) is 0 Å². The van der Waals surface area contributed by atoms with Gasteiger partial charge in [0.1, 0.15) is 0 Å². The number of halogens is 5. The number of hydrogen-bond donors (Lipinski definition) is 1. The number of carbonyl (C=O) groups excluding carboxylic acids is 1. The SMILES string of the molecule is Cc1ccc(-n2cc(C(F)(F)F)nn2)c(-c2cc(=O)n([C@H]3CCC[C@@H](C)C(=O)Nc4cnn(C(F)F)c4-c4cncc3c4)cn2)c1. The van der Waals surface area contributed by atoms with Crippen molar-refractivity contribution in [3.8, 4) is 28.2 Å². The second-order valence-corrected chi connectivity index (χ2v) is 11.1. The van der Waals surface area contributed by atoms with E-state index in [0.29, 0.717) is 35.1 Å². The molecule has 0 aliphatic carbocycles. The molecule has 0 fully saturated rings. The molecule has 6 rings (SSSR count). The highest BCUT2D eigenvalue weighted by atomic mass is 19.4. The van der Waals surface area contributed by atoms with Crippen LogP contribution in [-0.2, 0) is 11.0 Å². The number of benzene rings is 1. The largest absolute Gasteiger partial charge is 0.436 e. The van der Waals surface area contributed by atoms with Gasteiger partial charge < -0.3 is 5.32 Å². The summed E-state index contributed by atoms with van der Waals surface area (Å²) in [4.78, 5) is 35.4. The van der Waals surface area contributed by atoms with E-state index < -0.39 is 35.9 Å². The van der Waals surface area contributed by atoms with E-state index in [1.165, 1.54) is 29.4 Å². The standard InChI is InChI=1S/C30H26F5N9O2/c1-16-6-7-24(43-14-25(40-41-43)30(33,34)35)20(8-16)21-10-26(45)42(15-37-21)23-5-3-4-17(2)28(46)39-22-13-38-44(29(31)32)27(22)19-9-18(23)11-36-12-19/h6-15,17,23,29H,3-5H2,1-2H3,(H,39,46)/t17-,23+/m1/s1. The zero-order chi connectivity index (χ0) is 32.7. The summed E-state index contributed by atoms with van der Waals surface area (Å²) in [5, 5.41) is 13.3. The Hall–Kier alpha value is -5.28. The van der Waals surface area contributed by atoms with Crippen LogP contribution in [0.5, 0.6) is 0 Å². The van der Waals surface area contributed by atoms with E-state index in [9.17, 15) is 31.5 Å². The number of nitrogens with zero attached hydrogens (tertiary/aromatic N) is 8. The number of aryl methyl sites for hydroxylation is 1. The molecule has 0 spiro atoms. The summed E-state index contributed by atoms with van der Waals surface area (Å²) < 4.78 is 70.4. The van der Waals surface area contributed by atoms with Crippen LogP contribution in [0.15, 0.2) is 66.2 Å². The molecule has 16 heteroatoms. The lowest BCUT2D eigenvalue weighted by atomic mass is 9.95. The lowest BCUT2D eigenvalue weighted by Gasteiger charge is -2.23. The molecule has 4 aromatic heterocycles. The zero-order valence-electron chi connectivity index (χ0n) is 24.4. The molecule has 1 aliphatic rings. The average molecular weight is 640 g/mol. The molecule has 1 N–H and O–H groups in total. The first-order chi connectivity index (χ1) is 21.9. The number of hydrogen-bond acceptors (Lipinski definition) is 7. The van der Waals surface area contributed by atoms with Gasteiger partial charge in [-0.25, -0.2) is 14.3 Å². The van der Waals surface area contributed by atoms with Gasteiger partial charge in [0.25, 0.3) is 5.56 Å². The summed E-state index contributed by atoms with van der Waals surface area (Å²) in [5.74, 6) is -0.825. The summed E-state index contributed by atoms with van der Waals surface area (Å²) in [6.07, 6.45) is 2.83. The minimum Gasteiger partial charge on any atom is -0.323 e. The summed E-state index contributed by atoms with van der Waals surface area (Å²) in [6.45, 7) is 0.520. The van der Waals surface area contributed by atoms with E-state index in [-0.39, 0.29) is 34.2 Å². The Balaban J connectivity index is 1.43. The lowest BCUT2D eigenvalue weighted by molar-refractivity contribution is -0.141. The second kappa shape index (κ2) is 11.9. The van der Waals surface area contributed by atoms with Crippen molar-refractivity contribution in [2.24, 2.45) is 5.92 Å². The van der Waals surface area contributed by atoms with Gasteiger partial charge in [0.15, 0.2) is 5.69 Å². The number of amides is 1. The molecular formula is C30H26F5N9O2. The molecule has 1 aliphatic heterocycles. The summed E-state index contributed by atoms with van der Waals surface area (Å²) >= 11 is 0. The Labute approximate surface area is 257 Å². The van der Waals surface area contributed by atoms with Gasteiger partial charge in [-0.15, -0.1) is 5.10 Å². The van der Waals surface area contributed by atoms with E-state index in [0.717, 1.165) is 22.6 Å². The lowest BCUT2D eigenvalue weighted by Crippen LogP contribution is -2.27. The van der Waals surface area contributed by atoms with Crippen molar-refractivity contribution in [2.45, 2.75) is 51.9 Å². The molecule has 2 atom stereocenters. The second-order valence-electron chi connectivity index (χ2n) is 11.1. The van der Waals surface area contributed by atoms with Crippen LogP contribution in [0.25, 0.3) is 28.2 Å². The van der Waals surface area contributed by atoms with Crippen molar-refractivity contribution >= 4 is 11.6 Å². The first kappa shape index (κ1) is 30.7. The Morgan fingerprint density at radius 3 is 2.57 bits per heavy atom. The highest BCUT2D eigenvalue weighted by molar-refractivity contribution is 5.95. The molecule has 5 heterocycles. The van der Waals surface area contributed by atoms with E-state index in [4.69, 9.17) is 0 Å². The number of aromatic nitrogens is 8. The minimum absolute atomic E-state index is 0.0289. The first-order valence-corrected chi connectivity index (χ1v) is 14.2. The van der Waals surface area contributed by atoms with Gasteiger partial charge >= 0.3 is 12.7 Å². The van der Waals surface area contributed by atoms with Crippen LogP contribution < -0.4 is 10.9 Å². The zero-order valence-corrected chi connectivity index (χ0v) is 24.4. The fraction of sp³-hybridized carbons (Fsp3) is 0.300. The van der Waals surface area contributed by atoms with Crippen LogP contribution in [0, 0.1) is 12.8 Å². The van der Waals surface area contributed by atoms with Crippen molar-refractivity contribution in [2.75, 3.05) is 5.32 Å². The molecular weight excluding hydrogens is 613 g/mol. The number of anilines is 1. The molecule has 1 amide bonds. The average Bonchev–Trinajstić information content (AvgIpc) is 3.67. The van der Waals surface area contributed by atoms with E-state index in [1.54, 1.807) is 38.1 Å². The highest BCUT2D eigenvalue weighted by Crippen LogP contribution is 2.35. The van der Waals surface area contributed by atoms with E-state index in [2.05, 4.69) is 30.7 Å². The van der Waals surface area contributed by atoms with Crippen LogP contribution >= 0.6 is 0 Å². The van der Waals surface area contributed by atoms with Gasteiger partial charge in [-0.05, 0) is 43.5 Å². The van der Waals surface area contributed by atoms with Gasteiger partial charge in [-0.1, -0.05) is 30.2 Å². The summed E-state index contributed by atoms with van der Waals surface area (Å²) in [6, 6.07) is 7.18. The van der Waals surface area contributed by atoms with Crippen molar-refractivity contribution in [3.63, 3.8) is 0 Å². The molecule has 0 saturated carbocycles. The third-order valence-corrected chi connectivity index (χ3v) is 7.85. The Bertz CT molecular complexity index is 1980. The topological polar surface area (TPSA) is 125 Å². The molecule has 0 saturated heterocycles. The molecule has 0 radical (unpaired) electrons. The number of fused-ring (bicyclic) bond motifs is 4. The molecule has 1 aromatic carbocycles. The third-order valence-electron chi connectivity index (χ3n) is 7.85. The number of pyridine rings is 1. The maximum absolute atomic E-state index is 13.9. The van der Waals surface area contributed by atoms with Crippen LogP contribution in [0.3, 0.4) is 0 Å². The maximum Gasteiger partial charge on any atom is 0.436 e. The predicted octanol–water partition coefficient (Wildman–Crippen LogP) is 5.82. The first-order valence-electron chi connectivity index (χ1n) is 14.2. The van der Waals surface area contributed by atoms with Gasteiger partial charge in [0, 0.05) is 35.5 Å². The highest BCUT2D eigenvalue weighted by Gasteiger charge is 2.35. The molecule has 5 aromatic rings. The fourth-order valence-corrected chi connectivity index (χ4v) is 5.49. The maximum atomic E-state index is 13.9. The van der Waals surface area contributed by atoms with Gasteiger partial charge in [-0.2, -0.15) is 27.1 Å². The Kier molecular flexibility index (Phi) is 7.96. The van der Waals surface area contributed by atoms with Crippen molar-refractivity contribution < 1.29 is 26.7 Å². The van der Waals surface area contributed by atoms with E-state index >= 15 is 0 Å². The van der Waals surface area contributed by atoms with Crippen LogP contribution in [-0.4, -0.2) is 45.2 Å². The van der Waals surface area contributed by atoms with Crippen molar-refractivity contribution in [1.29, 1.82) is 0 Å². The normalized spacial score (nSPS) is 17.3. The monoisotopic (exact) mass is 639 g/mol. The Morgan fingerprint density at radius 2 is 1.85 bits per heavy atom. The third kappa shape index (κ3) is 5.89. The van der Waals surface area contributed by atoms with Gasteiger partial charge in [-0.3, -0.25) is 19.1 Å². The van der Waals surface area contributed by atoms with Crippen molar-refractivity contribution in [3.05, 3.63) is 88.6 Å². The number of nitrogens with one attached hydrogen (secondary N) is 1. The van der Waals surface area contributed by atoms with Crippen LogP contribution in [0.2, 0.25) is 0 Å².